The number of nitrogens with zero attached hydrogens (tertiary/aromatic N) is 1. The normalized spacial score (nSPS) is 10.7. The van der Waals surface area contributed by atoms with Crippen molar-refractivity contribution >= 4 is 17.7 Å². The summed E-state index contributed by atoms with van der Waals surface area (Å²) in [6.07, 6.45) is 1.69. The van der Waals surface area contributed by atoms with E-state index in [1.54, 1.807) is 42.2 Å². The third-order valence-electron chi connectivity index (χ3n) is 4.03. The number of furan rings is 1. The minimum atomic E-state index is -0.238. The van der Waals surface area contributed by atoms with E-state index in [0.29, 0.717) is 18.8 Å². The van der Waals surface area contributed by atoms with Gasteiger partial charge in [-0.05, 0) is 30.7 Å². The van der Waals surface area contributed by atoms with Crippen molar-refractivity contribution in [3.05, 3.63) is 93.8 Å². The van der Waals surface area contributed by atoms with Crippen LogP contribution in [0.15, 0.2) is 70.0 Å². The number of aromatic nitrogens is 1. The number of hydrogen-bond donors (Lipinski definition) is 1. The van der Waals surface area contributed by atoms with Crippen molar-refractivity contribution in [2.75, 3.05) is 12.3 Å². The van der Waals surface area contributed by atoms with Gasteiger partial charge in [-0.3, -0.25) is 9.59 Å². The first-order chi connectivity index (χ1) is 13.1. The van der Waals surface area contributed by atoms with Crippen LogP contribution < -0.4 is 10.9 Å². The summed E-state index contributed by atoms with van der Waals surface area (Å²) in [6.45, 7) is 2.95. The Bertz CT molecular complexity index is 944. The lowest BCUT2D eigenvalue weighted by atomic mass is 10.2. The minimum Gasteiger partial charge on any atom is -0.454 e. The van der Waals surface area contributed by atoms with Crippen LogP contribution in [0.4, 0.5) is 0 Å². The van der Waals surface area contributed by atoms with E-state index in [1.165, 1.54) is 21.8 Å². The fourth-order valence-electron chi connectivity index (χ4n) is 2.54. The third kappa shape index (κ3) is 5.62. The van der Waals surface area contributed by atoms with Crippen molar-refractivity contribution in [1.82, 2.24) is 9.88 Å². The molecule has 3 aromatic rings. The number of amides is 1. The van der Waals surface area contributed by atoms with Crippen LogP contribution in [0.3, 0.4) is 0 Å². The number of thioether (sulfide) groups is 1. The maximum absolute atomic E-state index is 12.2. The second-order valence-electron chi connectivity index (χ2n) is 6.23. The molecule has 0 aliphatic rings. The summed E-state index contributed by atoms with van der Waals surface area (Å²) in [4.78, 5) is 23.9. The Morgan fingerprint density at radius 1 is 1.11 bits per heavy atom. The first-order valence-electron chi connectivity index (χ1n) is 8.77. The van der Waals surface area contributed by atoms with E-state index in [4.69, 9.17) is 4.42 Å². The smallest absolute Gasteiger partial charge is 0.287 e. The number of pyridine rings is 1. The highest BCUT2D eigenvalue weighted by atomic mass is 32.2. The van der Waals surface area contributed by atoms with Crippen LogP contribution in [0, 0.1) is 6.92 Å². The maximum Gasteiger partial charge on any atom is 0.287 e. The van der Waals surface area contributed by atoms with Crippen molar-refractivity contribution in [2.24, 2.45) is 0 Å². The van der Waals surface area contributed by atoms with Crippen LogP contribution in [-0.2, 0) is 12.3 Å². The second kappa shape index (κ2) is 9.28. The van der Waals surface area contributed by atoms with Gasteiger partial charge in [-0.25, -0.2) is 0 Å². The highest BCUT2D eigenvalue weighted by Gasteiger charge is 2.11. The Balaban J connectivity index is 1.42. The molecule has 0 radical (unpaired) electrons. The first-order valence-corrected chi connectivity index (χ1v) is 9.93. The molecule has 0 saturated heterocycles. The number of hydrogen-bond acceptors (Lipinski definition) is 4. The monoisotopic (exact) mass is 382 g/mol. The lowest BCUT2D eigenvalue weighted by Crippen LogP contribution is -2.25. The zero-order chi connectivity index (χ0) is 19.1. The van der Waals surface area contributed by atoms with E-state index in [1.807, 2.05) is 0 Å². The highest BCUT2D eigenvalue weighted by molar-refractivity contribution is 7.98. The predicted molar refractivity (Wildman–Crippen MR) is 108 cm³/mol. The van der Waals surface area contributed by atoms with Gasteiger partial charge in [0.2, 0.25) is 0 Å². The van der Waals surface area contributed by atoms with E-state index in [9.17, 15) is 9.59 Å². The molecule has 1 N–H and O–H groups in total. The van der Waals surface area contributed by atoms with Gasteiger partial charge in [0.05, 0.1) is 6.54 Å². The van der Waals surface area contributed by atoms with Crippen LogP contribution in [-0.4, -0.2) is 22.8 Å². The lowest BCUT2D eigenvalue weighted by Gasteiger charge is -2.05. The molecule has 1 amide bonds. The number of benzene rings is 1. The Morgan fingerprint density at radius 2 is 1.93 bits per heavy atom. The fraction of sp³-hybridized carbons (Fsp3) is 0.238. The van der Waals surface area contributed by atoms with Gasteiger partial charge in [0.1, 0.15) is 5.76 Å². The molecule has 1 aromatic carbocycles. The molecule has 6 heteroatoms. The van der Waals surface area contributed by atoms with Crippen LogP contribution in [0.25, 0.3) is 0 Å². The van der Waals surface area contributed by atoms with Crippen LogP contribution >= 0.6 is 11.8 Å². The number of rotatable bonds is 8. The third-order valence-corrected chi connectivity index (χ3v) is 5.06. The molecule has 0 saturated carbocycles. The number of nitrogens with one attached hydrogen (secondary N) is 1. The molecular formula is C21H22N2O3S. The second-order valence-corrected chi connectivity index (χ2v) is 7.33. The fourth-order valence-corrected chi connectivity index (χ4v) is 3.36. The zero-order valence-corrected chi connectivity index (χ0v) is 16.0. The van der Waals surface area contributed by atoms with Crippen LogP contribution in [0.5, 0.6) is 0 Å². The summed E-state index contributed by atoms with van der Waals surface area (Å²) in [6, 6.07) is 16.8. The lowest BCUT2D eigenvalue weighted by molar-refractivity contribution is 0.0926. The predicted octanol–water partition coefficient (Wildman–Crippen LogP) is 3.46. The van der Waals surface area contributed by atoms with Gasteiger partial charge < -0.3 is 14.3 Å². The summed E-state index contributed by atoms with van der Waals surface area (Å²) in [5.41, 5.74) is 2.43. The van der Waals surface area contributed by atoms with E-state index >= 15 is 0 Å². The SMILES string of the molecule is Cc1ccc(CSCCNC(=O)c2ccc(Cn3ccccc3=O)o2)cc1. The number of aryl methyl sites for hydroxylation is 1. The van der Waals surface area contributed by atoms with E-state index in [2.05, 4.69) is 36.5 Å². The molecule has 3 rings (SSSR count). The molecule has 140 valence electrons. The van der Waals surface area contributed by atoms with Gasteiger partial charge in [-0.2, -0.15) is 11.8 Å². The molecule has 0 unspecified atom stereocenters. The van der Waals surface area contributed by atoms with E-state index < -0.39 is 0 Å². The average Bonchev–Trinajstić information content (AvgIpc) is 3.13. The van der Waals surface area contributed by atoms with Crippen molar-refractivity contribution in [3.63, 3.8) is 0 Å². The topological polar surface area (TPSA) is 64.2 Å². The first kappa shape index (κ1) is 19.0. The molecule has 0 spiro atoms. The molecule has 2 aromatic heterocycles. The zero-order valence-electron chi connectivity index (χ0n) is 15.2. The van der Waals surface area contributed by atoms with Crippen molar-refractivity contribution in [3.8, 4) is 0 Å². The van der Waals surface area contributed by atoms with Crippen molar-refractivity contribution in [2.45, 2.75) is 19.2 Å². The Hall–Kier alpha value is -2.73. The van der Waals surface area contributed by atoms with Gasteiger partial charge >= 0.3 is 0 Å². The summed E-state index contributed by atoms with van der Waals surface area (Å²) < 4.78 is 7.09. The van der Waals surface area contributed by atoms with Crippen molar-refractivity contribution in [1.29, 1.82) is 0 Å². The van der Waals surface area contributed by atoms with E-state index in [0.717, 1.165) is 11.5 Å². The van der Waals surface area contributed by atoms with Crippen molar-refractivity contribution < 1.29 is 9.21 Å². The molecule has 2 heterocycles. The summed E-state index contributed by atoms with van der Waals surface area (Å²) in [7, 11) is 0. The molecule has 0 atom stereocenters. The largest absolute Gasteiger partial charge is 0.454 e. The summed E-state index contributed by atoms with van der Waals surface area (Å²) in [5, 5.41) is 2.86. The van der Waals surface area contributed by atoms with Gasteiger partial charge in [0, 0.05) is 30.3 Å². The van der Waals surface area contributed by atoms with Gasteiger partial charge in [-0.15, -0.1) is 0 Å². The van der Waals surface area contributed by atoms with Crippen LogP contribution in [0.1, 0.15) is 27.4 Å². The number of carbonyl (C=O) groups excluding carboxylic acids is 1. The van der Waals surface area contributed by atoms with Gasteiger partial charge in [0.15, 0.2) is 5.76 Å². The maximum atomic E-state index is 12.2. The summed E-state index contributed by atoms with van der Waals surface area (Å²) in [5.74, 6) is 2.34. The average molecular weight is 382 g/mol. The Kier molecular flexibility index (Phi) is 6.54. The van der Waals surface area contributed by atoms with Gasteiger partial charge in [0.25, 0.3) is 11.5 Å². The molecule has 0 aliphatic carbocycles. The molecular weight excluding hydrogens is 360 g/mol. The standard InChI is InChI=1S/C21H22N2O3S/c1-16-5-7-17(8-6-16)15-27-13-11-22-21(25)19-10-9-18(26-19)14-23-12-3-2-4-20(23)24/h2-10,12H,11,13-15H2,1H3,(H,22,25). The minimum absolute atomic E-state index is 0.106. The van der Waals surface area contributed by atoms with E-state index in [-0.39, 0.29) is 17.2 Å². The molecule has 27 heavy (non-hydrogen) atoms. The Morgan fingerprint density at radius 3 is 2.70 bits per heavy atom. The van der Waals surface area contributed by atoms with Gasteiger partial charge in [-0.1, -0.05) is 35.9 Å². The van der Waals surface area contributed by atoms with Crippen LogP contribution in [0.2, 0.25) is 0 Å². The summed E-state index contributed by atoms with van der Waals surface area (Å²) >= 11 is 1.77. The quantitative estimate of drug-likeness (QED) is 0.606. The number of carbonyl (C=O) groups is 1. The molecule has 0 bridgehead atoms. The molecule has 5 nitrogen and oxygen atoms in total. The molecule has 0 fully saturated rings. The molecule has 0 aliphatic heterocycles. The highest BCUT2D eigenvalue weighted by Crippen LogP contribution is 2.13. The Labute approximate surface area is 162 Å².